The molecule has 1 fully saturated rings. The minimum absolute atomic E-state index is 0.00907. The van der Waals surface area contributed by atoms with Crippen molar-refractivity contribution in [1.82, 2.24) is 4.90 Å². The van der Waals surface area contributed by atoms with Crippen molar-refractivity contribution in [1.29, 1.82) is 0 Å². The van der Waals surface area contributed by atoms with Crippen LogP contribution < -0.4 is 5.73 Å². The van der Waals surface area contributed by atoms with E-state index in [1.54, 1.807) is 0 Å². The van der Waals surface area contributed by atoms with Gasteiger partial charge in [-0.15, -0.1) is 0 Å². The molecule has 0 bridgehead atoms. The summed E-state index contributed by atoms with van der Waals surface area (Å²) in [6.45, 7) is 7.65. The number of piperidine rings is 1. The molecule has 0 saturated carbocycles. The Bertz CT molecular complexity index is 200. The van der Waals surface area contributed by atoms with Crippen molar-refractivity contribution in [2.75, 3.05) is 19.6 Å². The van der Waals surface area contributed by atoms with Crippen molar-refractivity contribution in [2.45, 2.75) is 39.5 Å². The highest BCUT2D eigenvalue weighted by atomic mass is 16.1. The molecule has 15 heavy (non-hydrogen) atoms. The average Bonchev–Trinajstić information content (AvgIpc) is 2.26. The zero-order valence-electron chi connectivity index (χ0n) is 10.0. The number of amides is 1. The van der Waals surface area contributed by atoms with Crippen molar-refractivity contribution >= 4 is 5.91 Å². The van der Waals surface area contributed by atoms with Gasteiger partial charge in [0.1, 0.15) is 0 Å². The molecule has 0 radical (unpaired) electrons. The number of primary amides is 1. The van der Waals surface area contributed by atoms with E-state index in [0.717, 1.165) is 13.0 Å². The molecule has 1 heterocycles. The van der Waals surface area contributed by atoms with Crippen LogP contribution in [0.2, 0.25) is 0 Å². The molecule has 1 aliphatic heterocycles. The van der Waals surface area contributed by atoms with E-state index in [1.165, 1.54) is 32.4 Å². The molecule has 2 unspecified atom stereocenters. The fourth-order valence-electron chi connectivity index (χ4n) is 2.10. The lowest BCUT2D eigenvalue weighted by Gasteiger charge is -2.28. The van der Waals surface area contributed by atoms with Crippen molar-refractivity contribution in [3.8, 4) is 0 Å². The molecule has 1 rings (SSSR count). The standard InChI is InChI=1S/C12H24N2O/c1-10(11(2)12(13)15)6-9-14-7-4-3-5-8-14/h10-11H,3-9H2,1-2H3,(H2,13,15). The number of nitrogens with zero attached hydrogens (tertiary/aromatic N) is 1. The summed E-state index contributed by atoms with van der Waals surface area (Å²) >= 11 is 0. The van der Waals surface area contributed by atoms with Crippen LogP contribution in [-0.2, 0) is 4.79 Å². The first-order valence-electron chi connectivity index (χ1n) is 6.13. The van der Waals surface area contributed by atoms with E-state index < -0.39 is 0 Å². The van der Waals surface area contributed by atoms with Gasteiger partial charge in [-0.1, -0.05) is 20.3 Å². The highest BCUT2D eigenvalue weighted by Crippen LogP contribution is 2.17. The highest BCUT2D eigenvalue weighted by Gasteiger charge is 2.18. The number of rotatable bonds is 5. The molecule has 1 amide bonds. The quantitative estimate of drug-likeness (QED) is 0.752. The van der Waals surface area contributed by atoms with E-state index in [1.807, 2.05) is 6.92 Å². The monoisotopic (exact) mass is 212 g/mol. The minimum atomic E-state index is -0.166. The lowest BCUT2D eigenvalue weighted by atomic mass is 9.92. The Kier molecular flexibility index (Phi) is 5.09. The molecule has 1 saturated heterocycles. The molecule has 0 aromatic heterocycles. The molecule has 2 N–H and O–H groups in total. The SMILES string of the molecule is CC(CCN1CCCCC1)C(C)C(N)=O. The van der Waals surface area contributed by atoms with Gasteiger partial charge in [0.15, 0.2) is 0 Å². The predicted molar refractivity (Wildman–Crippen MR) is 62.4 cm³/mol. The van der Waals surface area contributed by atoms with Crippen molar-refractivity contribution in [2.24, 2.45) is 17.6 Å². The highest BCUT2D eigenvalue weighted by molar-refractivity contribution is 5.76. The first kappa shape index (κ1) is 12.5. The first-order chi connectivity index (χ1) is 7.11. The average molecular weight is 212 g/mol. The van der Waals surface area contributed by atoms with Gasteiger partial charge in [0, 0.05) is 5.92 Å². The van der Waals surface area contributed by atoms with Crippen LogP contribution in [0.25, 0.3) is 0 Å². The minimum Gasteiger partial charge on any atom is -0.369 e. The Balaban J connectivity index is 2.20. The van der Waals surface area contributed by atoms with Crippen molar-refractivity contribution in [3.63, 3.8) is 0 Å². The van der Waals surface area contributed by atoms with Crippen LogP contribution in [0, 0.1) is 11.8 Å². The fourth-order valence-corrected chi connectivity index (χ4v) is 2.10. The zero-order chi connectivity index (χ0) is 11.3. The van der Waals surface area contributed by atoms with Gasteiger partial charge in [0.25, 0.3) is 0 Å². The second kappa shape index (κ2) is 6.11. The van der Waals surface area contributed by atoms with Crippen molar-refractivity contribution < 1.29 is 4.79 Å². The number of likely N-dealkylation sites (tertiary alicyclic amines) is 1. The molecule has 3 heteroatoms. The molecule has 2 atom stereocenters. The third kappa shape index (κ3) is 4.20. The Hall–Kier alpha value is -0.570. The largest absolute Gasteiger partial charge is 0.369 e. The summed E-state index contributed by atoms with van der Waals surface area (Å²) < 4.78 is 0. The summed E-state index contributed by atoms with van der Waals surface area (Å²) in [5.74, 6) is 0.250. The van der Waals surface area contributed by atoms with Gasteiger partial charge in [-0.2, -0.15) is 0 Å². The Morgan fingerprint density at radius 3 is 2.40 bits per heavy atom. The maximum absolute atomic E-state index is 11.0. The van der Waals surface area contributed by atoms with Crippen LogP contribution in [-0.4, -0.2) is 30.4 Å². The van der Waals surface area contributed by atoms with Crippen LogP contribution in [0.3, 0.4) is 0 Å². The third-order valence-electron chi connectivity index (χ3n) is 3.65. The summed E-state index contributed by atoms with van der Waals surface area (Å²) in [6.07, 6.45) is 5.13. The Labute approximate surface area is 93.0 Å². The molecule has 88 valence electrons. The second-order valence-corrected chi connectivity index (χ2v) is 4.86. The molecule has 3 nitrogen and oxygen atoms in total. The summed E-state index contributed by atoms with van der Waals surface area (Å²) in [7, 11) is 0. The molecule has 0 aromatic rings. The van der Waals surface area contributed by atoms with Gasteiger partial charge in [-0.25, -0.2) is 0 Å². The van der Waals surface area contributed by atoms with Gasteiger partial charge in [-0.3, -0.25) is 4.79 Å². The zero-order valence-corrected chi connectivity index (χ0v) is 10.0. The molecular formula is C12H24N2O. The maximum atomic E-state index is 11.0. The van der Waals surface area contributed by atoms with E-state index in [-0.39, 0.29) is 11.8 Å². The number of carbonyl (C=O) groups excluding carboxylic acids is 1. The number of nitrogens with two attached hydrogens (primary N) is 1. The summed E-state index contributed by atoms with van der Waals surface area (Å²) in [6, 6.07) is 0. The van der Waals surface area contributed by atoms with E-state index in [2.05, 4.69) is 11.8 Å². The number of hydrogen-bond donors (Lipinski definition) is 1. The summed E-state index contributed by atoms with van der Waals surface area (Å²) in [4.78, 5) is 13.5. The van der Waals surface area contributed by atoms with E-state index >= 15 is 0 Å². The van der Waals surface area contributed by atoms with Gasteiger partial charge in [0.2, 0.25) is 5.91 Å². The molecular weight excluding hydrogens is 188 g/mol. The fraction of sp³-hybridized carbons (Fsp3) is 0.917. The Morgan fingerprint density at radius 2 is 1.87 bits per heavy atom. The summed E-state index contributed by atoms with van der Waals surface area (Å²) in [5.41, 5.74) is 5.29. The lowest BCUT2D eigenvalue weighted by Crippen LogP contribution is -2.33. The predicted octanol–water partition coefficient (Wildman–Crippen LogP) is 1.62. The van der Waals surface area contributed by atoms with Gasteiger partial charge >= 0.3 is 0 Å². The normalized spacial score (nSPS) is 22.3. The molecule has 0 spiro atoms. The second-order valence-electron chi connectivity index (χ2n) is 4.86. The van der Waals surface area contributed by atoms with Crippen LogP contribution >= 0.6 is 0 Å². The molecule has 0 aliphatic carbocycles. The van der Waals surface area contributed by atoms with Gasteiger partial charge in [-0.05, 0) is 44.8 Å². The van der Waals surface area contributed by atoms with Gasteiger partial charge in [0.05, 0.1) is 0 Å². The number of hydrogen-bond acceptors (Lipinski definition) is 2. The molecule has 0 aromatic carbocycles. The van der Waals surface area contributed by atoms with E-state index in [9.17, 15) is 4.79 Å². The molecule has 1 aliphatic rings. The van der Waals surface area contributed by atoms with Crippen LogP contribution in [0.4, 0.5) is 0 Å². The van der Waals surface area contributed by atoms with Crippen molar-refractivity contribution in [3.05, 3.63) is 0 Å². The van der Waals surface area contributed by atoms with Gasteiger partial charge < -0.3 is 10.6 Å². The van der Waals surface area contributed by atoms with E-state index in [4.69, 9.17) is 5.73 Å². The van der Waals surface area contributed by atoms with Crippen LogP contribution in [0.5, 0.6) is 0 Å². The Morgan fingerprint density at radius 1 is 1.27 bits per heavy atom. The topological polar surface area (TPSA) is 46.3 Å². The third-order valence-corrected chi connectivity index (χ3v) is 3.65. The van der Waals surface area contributed by atoms with E-state index in [0.29, 0.717) is 5.92 Å². The smallest absolute Gasteiger partial charge is 0.220 e. The van der Waals surface area contributed by atoms with Crippen LogP contribution in [0.15, 0.2) is 0 Å². The number of carbonyl (C=O) groups is 1. The lowest BCUT2D eigenvalue weighted by molar-refractivity contribution is -0.122. The summed E-state index contributed by atoms with van der Waals surface area (Å²) in [5, 5.41) is 0. The first-order valence-corrected chi connectivity index (χ1v) is 6.13. The maximum Gasteiger partial charge on any atom is 0.220 e. The van der Waals surface area contributed by atoms with Crippen LogP contribution in [0.1, 0.15) is 39.5 Å².